The number of nitriles is 1. The average molecular weight is 439 g/mol. The Balaban J connectivity index is 2.15. The van der Waals surface area contributed by atoms with Crippen molar-refractivity contribution in [2.45, 2.75) is 70.0 Å². The number of carbonyl (C=O) groups is 1. The quantitative estimate of drug-likeness (QED) is 0.156. The van der Waals surface area contributed by atoms with Crippen LogP contribution in [0.3, 0.4) is 0 Å². The van der Waals surface area contributed by atoms with Gasteiger partial charge in [-0.1, -0.05) is 6.92 Å². The van der Waals surface area contributed by atoms with E-state index >= 15 is 0 Å². The summed E-state index contributed by atoms with van der Waals surface area (Å²) in [6, 6.07) is 2.27. The molecular weight excluding hydrogens is 398 g/mol. The van der Waals surface area contributed by atoms with Gasteiger partial charge in [0.15, 0.2) is 6.17 Å². The molecule has 10 nitrogen and oxygen atoms in total. The molecule has 10 heteroatoms. The van der Waals surface area contributed by atoms with Crippen molar-refractivity contribution in [3.63, 3.8) is 0 Å². The summed E-state index contributed by atoms with van der Waals surface area (Å²) < 4.78 is 5.90. The Bertz CT molecular complexity index is 625. The first kappa shape index (κ1) is 25.6. The number of nitrogens with one attached hydrogen (secondary N) is 3. The minimum Gasteiger partial charge on any atom is -0.396 e. The predicted octanol–water partition coefficient (Wildman–Crippen LogP) is -2.28. The summed E-state index contributed by atoms with van der Waals surface area (Å²) in [5, 5.41) is 24.5. The molecule has 0 aromatic heterocycles. The molecule has 1 saturated heterocycles. The Labute approximate surface area is 185 Å². The molecule has 0 radical (unpaired) electrons. The van der Waals surface area contributed by atoms with Crippen LogP contribution < -0.4 is 27.0 Å². The highest BCUT2D eigenvalue weighted by Crippen LogP contribution is 2.15. The maximum absolute atomic E-state index is 13.4. The molecule has 176 valence electrons. The number of hydrogen-bond donors (Lipinski definition) is 6. The fourth-order valence-corrected chi connectivity index (χ4v) is 4.39. The first-order valence-electron chi connectivity index (χ1n) is 11.4. The third-order valence-corrected chi connectivity index (χ3v) is 6.37. The number of amides is 1. The number of hydrogen-bond acceptors (Lipinski definition) is 8. The number of nitrogens with two attached hydrogens (primary N) is 2. The highest BCUT2D eigenvalue weighted by molar-refractivity contribution is 5.80. The van der Waals surface area contributed by atoms with Crippen molar-refractivity contribution >= 4 is 12.1 Å². The second-order valence-corrected chi connectivity index (χ2v) is 8.65. The molecular formula is C21H40N7O3+. The highest BCUT2D eigenvalue weighted by Gasteiger charge is 2.44. The second-order valence-electron chi connectivity index (χ2n) is 8.65. The predicted molar refractivity (Wildman–Crippen MR) is 118 cm³/mol. The topological polar surface area (TPSA) is 163 Å². The minimum absolute atomic E-state index is 0.0646. The van der Waals surface area contributed by atoms with E-state index in [2.05, 4.69) is 35.5 Å². The normalized spacial score (nSPS) is 30.5. The summed E-state index contributed by atoms with van der Waals surface area (Å²) in [6.07, 6.45) is 3.08. The van der Waals surface area contributed by atoms with Crippen LogP contribution in [0.1, 0.15) is 39.5 Å². The van der Waals surface area contributed by atoms with Crippen LogP contribution in [-0.4, -0.2) is 80.6 Å². The van der Waals surface area contributed by atoms with Gasteiger partial charge in [0.2, 0.25) is 5.91 Å². The molecule has 7 unspecified atom stereocenters. The van der Waals surface area contributed by atoms with Crippen molar-refractivity contribution in [3.05, 3.63) is 0 Å². The lowest BCUT2D eigenvalue weighted by Gasteiger charge is -2.40. The van der Waals surface area contributed by atoms with E-state index in [-0.39, 0.29) is 36.6 Å². The third-order valence-electron chi connectivity index (χ3n) is 6.37. The van der Waals surface area contributed by atoms with Crippen molar-refractivity contribution in [2.24, 2.45) is 28.3 Å². The third kappa shape index (κ3) is 7.20. The van der Waals surface area contributed by atoms with Crippen LogP contribution in [0, 0.1) is 23.2 Å². The Morgan fingerprint density at radius 2 is 2.29 bits per heavy atom. The van der Waals surface area contributed by atoms with E-state index in [9.17, 15) is 4.79 Å². The molecule has 1 fully saturated rings. The summed E-state index contributed by atoms with van der Waals surface area (Å²) in [5.41, 5.74) is 12.2. The van der Waals surface area contributed by atoms with Gasteiger partial charge in [-0.2, -0.15) is 5.26 Å². The molecule has 31 heavy (non-hydrogen) atoms. The summed E-state index contributed by atoms with van der Waals surface area (Å²) >= 11 is 0. The number of aliphatic imine (C=N–C) groups is 1. The standard InChI is InChI=1S/C21H39N7O3/c1-3-14(2)28-13-15(5-7-22)11-26-20(28)18(19(23)24)21(30)27-16-12-25-8-6-17(16)31-10-4-9-29/h11,14-20,25,29H,3-6,8-10,12-13,23-24H2,1-2H3,(H,27,30)/p+1. The molecule has 2 rings (SSSR count). The summed E-state index contributed by atoms with van der Waals surface area (Å²) in [5.74, 6) is -0.848. The SMILES string of the molecule is CCC(C)[NH+]1CC(CC#N)C=NC1C(C(=O)NC1CNCCC1OCCCO)C(N)N. The molecule has 0 aromatic carbocycles. The molecule has 0 bridgehead atoms. The van der Waals surface area contributed by atoms with Gasteiger partial charge in [0.25, 0.3) is 0 Å². The van der Waals surface area contributed by atoms with Gasteiger partial charge < -0.3 is 36.8 Å². The van der Waals surface area contributed by atoms with Crippen LogP contribution in [0.5, 0.6) is 0 Å². The molecule has 2 heterocycles. The Morgan fingerprint density at radius 1 is 1.52 bits per heavy atom. The number of nitrogens with zero attached hydrogens (tertiary/aromatic N) is 2. The van der Waals surface area contributed by atoms with E-state index in [1.165, 1.54) is 0 Å². The fraction of sp³-hybridized carbons (Fsp3) is 0.857. The van der Waals surface area contributed by atoms with Crippen molar-refractivity contribution in [1.29, 1.82) is 5.26 Å². The van der Waals surface area contributed by atoms with Crippen molar-refractivity contribution in [1.82, 2.24) is 10.6 Å². The zero-order valence-corrected chi connectivity index (χ0v) is 18.8. The van der Waals surface area contributed by atoms with E-state index < -0.39 is 18.2 Å². The smallest absolute Gasteiger partial charge is 0.234 e. The number of quaternary nitrogens is 1. The Morgan fingerprint density at radius 3 is 2.94 bits per heavy atom. The van der Waals surface area contributed by atoms with Gasteiger partial charge in [0.05, 0.1) is 42.9 Å². The second kappa shape index (κ2) is 13.1. The van der Waals surface area contributed by atoms with Crippen molar-refractivity contribution in [2.75, 3.05) is 32.8 Å². The number of aliphatic hydroxyl groups is 1. The van der Waals surface area contributed by atoms with Crippen LogP contribution in [0.25, 0.3) is 0 Å². The van der Waals surface area contributed by atoms with E-state index in [0.717, 1.165) is 30.8 Å². The molecule has 0 aliphatic carbocycles. The largest absolute Gasteiger partial charge is 0.396 e. The van der Waals surface area contributed by atoms with Crippen LogP contribution >= 0.6 is 0 Å². The van der Waals surface area contributed by atoms with Crippen LogP contribution in [-0.2, 0) is 9.53 Å². The van der Waals surface area contributed by atoms with E-state index in [1.54, 1.807) is 6.21 Å². The Kier molecular flexibility index (Phi) is 10.8. The maximum atomic E-state index is 13.4. The molecule has 7 atom stereocenters. The van der Waals surface area contributed by atoms with Gasteiger partial charge >= 0.3 is 0 Å². The first-order valence-corrected chi connectivity index (χ1v) is 11.4. The van der Waals surface area contributed by atoms with Crippen molar-refractivity contribution in [3.8, 4) is 6.07 Å². The van der Waals surface area contributed by atoms with Crippen LogP contribution in [0.4, 0.5) is 0 Å². The van der Waals surface area contributed by atoms with Gasteiger partial charge in [-0.3, -0.25) is 4.79 Å². The molecule has 0 aromatic rings. The lowest BCUT2D eigenvalue weighted by molar-refractivity contribution is -0.953. The van der Waals surface area contributed by atoms with Gasteiger partial charge in [0.1, 0.15) is 5.92 Å². The Hall–Kier alpha value is -1.61. The number of ether oxygens (including phenoxy) is 1. The van der Waals surface area contributed by atoms with E-state index in [1.807, 2.05) is 0 Å². The molecule has 0 spiro atoms. The lowest BCUT2D eigenvalue weighted by atomic mass is 9.93. The molecule has 2 aliphatic heterocycles. The van der Waals surface area contributed by atoms with Crippen LogP contribution in [0.2, 0.25) is 0 Å². The van der Waals surface area contributed by atoms with Crippen LogP contribution in [0.15, 0.2) is 4.99 Å². The first-order chi connectivity index (χ1) is 14.9. The lowest BCUT2D eigenvalue weighted by Crippen LogP contribution is -3.21. The molecule has 2 aliphatic rings. The highest BCUT2D eigenvalue weighted by atomic mass is 16.5. The van der Waals surface area contributed by atoms with Gasteiger partial charge in [0, 0.05) is 32.4 Å². The van der Waals surface area contributed by atoms with Gasteiger partial charge in [-0.15, -0.1) is 0 Å². The summed E-state index contributed by atoms with van der Waals surface area (Å²) in [6.45, 7) is 6.90. The monoisotopic (exact) mass is 438 g/mol. The average Bonchev–Trinajstić information content (AvgIpc) is 2.75. The van der Waals surface area contributed by atoms with Gasteiger partial charge in [-0.25, -0.2) is 4.99 Å². The summed E-state index contributed by atoms with van der Waals surface area (Å²) in [7, 11) is 0. The van der Waals surface area contributed by atoms with E-state index in [0.29, 0.717) is 26.0 Å². The summed E-state index contributed by atoms with van der Waals surface area (Å²) in [4.78, 5) is 19.2. The number of carbonyl (C=O) groups excluding carboxylic acids is 1. The zero-order valence-electron chi connectivity index (χ0n) is 18.8. The number of piperidine rings is 1. The van der Waals surface area contributed by atoms with Gasteiger partial charge in [-0.05, 0) is 32.7 Å². The number of rotatable bonds is 11. The number of aliphatic hydroxyl groups excluding tert-OH is 1. The fourth-order valence-electron chi connectivity index (χ4n) is 4.39. The van der Waals surface area contributed by atoms with E-state index in [4.69, 9.17) is 26.6 Å². The maximum Gasteiger partial charge on any atom is 0.234 e. The zero-order chi connectivity index (χ0) is 22.8. The van der Waals surface area contributed by atoms with Crippen molar-refractivity contribution < 1.29 is 19.5 Å². The minimum atomic E-state index is -0.862. The molecule has 8 N–H and O–H groups in total. The molecule has 1 amide bonds. The molecule has 0 saturated carbocycles.